The van der Waals surface area contributed by atoms with Gasteiger partial charge in [0.25, 0.3) is 0 Å². The van der Waals surface area contributed by atoms with Gasteiger partial charge in [-0.25, -0.2) is 8.42 Å². The number of para-hydroxylation sites is 1. The van der Waals surface area contributed by atoms with Crippen molar-refractivity contribution in [2.24, 2.45) is 0 Å². The first-order chi connectivity index (χ1) is 9.59. The van der Waals surface area contributed by atoms with Crippen molar-refractivity contribution in [1.82, 2.24) is 9.29 Å². The molecule has 5 heteroatoms. The lowest BCUT2D eigenvalue weighted by Gasteiger charge is -2.26. The summed E-state index contributed by atoms with van der Waals surface area (Å²) in [5, 5.41) is 0.878. The molecule has 0 bridgehead atoms. The Labute approximate surface area is 119 Å². The van der Waals surface area contributed by atoms with Gasteiger partial charge in [0.15, 0.2) is 0 Å². The maximum Gasteiger partial charge on any atom is 0.245 e. The lowest BCUT2D eigenvalue weighted by Crippen LogP contribution is -2.35. The number of aromatic nitrogens is 1. The van der Waals surface area contributed by atoms with Gasteiger partial charge < -0.3 is 0 Å². The second-order valence-electron chi connectivity index (χ2n) is 5.31. The van der Waals surface area contributed by atoms with Crippen molar-refractivity contribution in [1.29, 1.82) is 0 Å². The summed E-state index contributed by atoms with van der Waals surface area (Å²) in [6.07, 6.45) is 4.71. The third-order valence-corrected chi connectivity index (χ3v) is 5.67. The summed E-state index contributed by atoms with van der Waals surface area (Å²) >= 11 is 0. The number of aryl methyl sites for hydroxylation is 1. The number of hydrogen-bond donors (Lipinski definition) is 0. The fourth-order valence-corrected chi connectivity index (χ4v) is 4.38. The monoisotopic (exact) mass is 290 g/mol. The molecule has 1 aromatic carbocycles. The summed E-state index contributed by atoms with van der Waals surface area (Å²) in [6.45, 7) is 3.19. The fourth-order valence-electron chi connectivity index (χ4n) is 2.70. The standard InChI is InChI=1S/C15H18N2O2S/c1-12-10-13-6-5-7-14(15(13)16-11-12)20(18,19)17-8-3-2-4-9-17/h5-7,10-11H,2-4,8-9H2,1H3. The van der Waals surface area contributed by atoms with E-state index in [0.29, 0.717) is 23.5 Å². The van der Waals surface area contributed by atoms with Crippen LogP contribution in [0.4, 0.5) is 0 Å². The Morgan fingerprint density at radius 2 is 1.90 bits per heavy atom. The van der Waals surface area contributed by atoms with Crippen molar-refractivity contribution in [2.75, 3.05) is 13.1 Å². The number of hydrogen-bond acceptors (Lipinski definition) is 3. The van der Waals surface area contributed by atoms with E-state index in [9.17, 15) is 8.42 Å². The molecule has 4 nitrogen and oxygen atoms in total. The van der Waals surface area contributed by atoms with Crippen LogP contribution in [0.15, 0.2) is 35.4 Å². The van der Waals surface area contributed by atoms with Crippen LogP contribution in [0.3, 0.4) is 0 Å². The highest BCUT2D eigenvalue weighted by atomic mass is 32.2. The van der Waals surface area contributed by atoms with E-state index in [1.807, 2.05) is 19.1 Å². The van der Waals surface area contributed by atoms with E-state index >= 15 is 0 Å². The molecule has 0 spiro atoms. The van der Waals surface area contributed by atoms with E-state index in [1.54, 1.807) is 22.6 Å². The molecule has 2 aromatic rings. The Hall–Kier alpha value is -1.46. The predicted molar refractivity (Wildman–Crippen MR) is 79.1 cm³/mol. The normalized spacial score (nSPS) is 17.4. The largest absolute Gasteiger partial charge is 0.255 e. The van der Waals surface area contributed by atoms with Gasteiger partial charge in [-0.15, -0.1) is 0 Å². The number of pyridine rings is 1. The average Bonchev–Trinajstić information content (AvgIpc) is 2.47. The molecule has 1 aromatic heterocycles. The molecular formula is C15H18N2O2S. The van der Waals surface area contributed by atoms with Crippen molar-refractivity contribution >= 4 is 20.9 Å². The number of nitrogens with zero attached hydrogens (tertiary/aromatic N) is 2. The Balaban J connectivity index is 2.13. The van der Waals surface area contributed by atoms with Gasteiger partial charge in [0.2, 0.25) is 10.0 Å². The molecule has 2 heterocycles. The Morgan fingerprint density at radius 3 is 2.65 bits per heavy atom. The minimum absolute atomic E-state index is 0.330. The average molecular weight is 290 g/mol. The van der Waals surface area contributed by atoms with Gasteiger partial charge in [-0.3, -0.25) is 4.98 Å². The predicted octanol–water partition coefficient (Wildman–Crippen LogP) is 2.72. The van der Waals surface area contributed by atoms with Gasteiger partial charge in [-0.05, 0) is 37.5 Å². The Bertz CT molecular complexity index is 735. The van der Waals surface area contributed by atoms with Crippen molar-refractivity contribution in [2.45, 2.75) is 31.1 Å². The zero-order valence-corrected chi connectivity index (χ0v) is 12.4. The van der Waals surface area contributed by atoms with E-state index < -0.39 is 10.0 Å². The number of sulfonamides is 1. The van der Waals surface area contributed by atoms with Crippen LogP contribution < -0.4 is 0 Å². The van der Waals surface area contributed by atoms with Crippen molar-refractivity contribution < 1.29 is 8.42 Å². The summed E-state index contributed by atoms with van der Waals surface area (Å²) in [5.41, 5.74) is 1.61. The first kappa shape index (κ1) is 13.5. The molecule has 1 fully saturated rings. The number of rotatable bonds is 2. The molecule has 0 saturated carbocycles. The zero-order valence-electron chi connectivity index (χ0n) is 11.5. The second kappa shape index (κ2) is 5.14. The van der Waals surface area contributed by atoms with Crippen LogP contribution in [-0.2, 0) is 10.0 Å². The van der Waals surface area contributed by atoms with E-state index in [2.05, 4.69) is 4.98 Å². The van der Waals surface area contributed by atoms with Crippen molar-refractivity contribution in [3.05, 3.63) is 36.0 Å². The number of piperidine rings is 1. The molecule has 0 amide bonds. The summed E-state index contributed by atoms with van der Waals surface area (Å²) < 4.78 is 27.1. The van der Waals surface area contributed by atoms with E-state index in [0.717, 1.165) is 30.2 Å². The van der Waals surface area contributed by atoms with Gasteiger partial charge in [0.1, 0.15) is 4.90 Å². The van der Waals surface area contributed by atoms with Crippen LogP contribution in [0.2, 0.25) is 0 Å². The van der Waals surface area contributed by atoms with Crippen LogP contribution >= 0.6 is 0 Å². The third-order valence-electron chi connectivity index (χ3n) is 3.74. The van der Waals surface area contributed by atoms with E-state index in [4.69, 9.17) is 0 Å². The number of benzene rings is 1. The van der Waals surface area contributed by atoms with E-state index in [1.165, 1.54) is 0 Å². The van der Waals surface area contributed by atoms with Gasteiger partial charge in [-0.1, -0.05) is 18.6 Å². The van der Waals surface area contributed by atoms with Crippen molar-refractivity contribution in [3.8, 4) is 0 Å². The lowest BCUT2D eigenvalue weighted by molar-refractivity contribution is 0.347. The maximum absolute atomic E-state index is 12.8. The smallest absolute Gasteiger partial charge is 0.245 e. The SMILES string of the molecule is Cc1cnc2c(S(=O)(=O)N3CCCCC3)cccc2c1. The summed E-state index contributed by atoms with van der Waals surface area (Å²) in [5.74, 6) is 0. The quantitative estimate of drug-likeness (QED) is 0.854. The molecule has 0 aliphatic carbocycles. The van der Waals surface area contributed by atoms with Crippen molar-refractivity contribution in [3.63, 3.8) is 0 Å². The summed E-state index contributed by atoms with van der Waals surface area (Å²) in [7, 11) is -3.43. The zero-order chi connectivity index (χ0) is 14.2. The van der Waals surface area contributed by atoms with Gasteiger partial charge >= 0.3 is 0 Å². The fraction of sp³-hybridized carbons (Fsp3) is 0.400. The highest BCUT2D eigenvalue weighted by Gasteiger charge is 2.27. The minimum Gasteiger partial charge on any atom is -0.255 e. The van der Waals surface area contributed by atoms with Gasteiger partial charge in [0, 0.05) is 24.7 Å². The topological polar surface area (TPSA) is 50.3 Å². The van der Waals surface area contributed by atoms with Crippen LogP contribution in [0.5, 0.6) is 0 Å². The van der Waals surface area contributed by atoms with Crippen LogP contribution in [0.25, 0.3) is 10.9 Å². The molecule has 0 radical (unpaired) electrons. The third kappa shape index (κ3) is 2.31. The van der Waals surface area contributed by atoms with Crippen LogP contribution in [0, 0.1) is 6.92 Å². The molecule has 0 atom stereocenters. The second-order valence-corrected chi connectivity index (χ2v) is 7.21. The van der Waals surface area contributed by atoms with Crippen LogP contribution in [-0.4, -0.2) is 30.8 Å². The van der Waals surface area contributed by atoms with Gasteiger partial charge in [-0.2, -0.15) is 4.31 Å². The molecule has 1 aliphatic heterocycles. The molecule has 20 heavy (non-hydrogen) atoms. The summed E-state index contributed by atoms with van der Waals surface area (Å²) in [4.78, 5) is 4.67. The molecule has 0 N–H and O–H groups in total. The van der Waals surface area contributed by atoms with E-state index in [-0.39, 0.29) is 0 Å². The van der Waals surface area contributed by atoms with Gasteiger partial charge in [0.05, 0.1) is 5.52 Å². The molecule has 3 rings (SSSR count). The first-order valence-corrected chi connectivity index (χ1v) is 8.38. The molecular weight excluding hydrogens is 272 g/mol. The number of fused-ring (bicyclic) bond motifs is 1. The maximum atomic E-state index is 12.8. The lowest BCUT2D eigenvalue weighted by atomic mass is 10.2. The molecule has 0 unspecified atom stereocenters. The minimum atomic E-state index is -3.43. The molecule has 1 saturated heterocycles. The Kier molecular flexibility index (Phi) is 3.48. The first-order valence-electron chi connectivity index (χ1n) is 6.94. The summed E-state index contributed by atoms with van der Waals surface area (Å²) in [6, 6.07) is 7.33. The molecule has 106 valence electrons. The molecule has 1 aliphatic rings. The van der Waals surface area contributed by atoms with Crippen LogP contribution in [0.1, 0.15) is 24.8 Å². The highest BCUT2D eigenvalue weighted by molar-refractivity contribution is 7.89. The highest BCUT2D eigenvalue weighted by Crippen LogP contribution is 2.26. The Morgan fingerprint density at radius 1 is 1.15 bits per heavy atom.